The number of amides is 1. The van der Waals surface area contributed by atoms with Crippen molar-refractivity contribution in [3.8, 4) is 0 Å². The summed E-state index contributed by atoms with van der Waals surface area (Å²) in [5.74, 6) is 1.20. The molecule has 5 nitrogen and oxygen atoms in total. The van der Waals surface area contributed by atoms with Crippen LogP contribution in [0.2, 0.25) is 0 Å². The van der Waals surface area contributed by atoms with E-state index in [-0.39, 0.29) is 11.9 Å². The van der Waals surface area contributed by atoms with E-state index in [2.05, 4.69) is 16.0 Å². The molecule has 1 amide bonds. The Morgan fingerprint density at radius 1 is 1.53 bits per heavy atom. The molecule has 0 saturated carbocycles. The van der Waals surface area contributed by atoms with E-state index in [1.807, 2.05) is 19.2 Å². The largest absolute Gasteiger partial charge is 0.370 e. The summed E-state index contributed by atoms with van der Waals surface area (Å²) in [7, 11) is 0. The van der Waals surface area contributed by atoms with Gasteiger partial charge in [-0.3, -0.25) is 4.79 Å². The summed E-state index contributed by atoms with van der Waals surface area (Å²) in [5.41, 5.74) is 12.2. The van der Waals surface area contributed by atoms with E-state index in [1.165, 1.54) is 0 Å². The monoisotopic (exact) mass is 262 g/mol. The highest BCUT2D eigenvalue weighted by Gasteiger charge is 2.21. The predicted molar refractivity (Wildman–Crippen MR) is 75.6 cm³/mol. The van der Waals surface area contributed by atoms with Crippen LogP contribution >= 0.6 is 0 Å². The lowest BCUT2D eigenvalue weighted by molar-refractivity contribution is -0.119. The van der Waals surface area contributed by atoms with Gasteiger partial charge in [0.2, 0.25) is 5.91 Å². The van der Waals surface area contributed by atoms with Crippen LogP contribution in [-0.2, 0) is 4.79 Å². The molecule has 1 saturated heterocycles. The first kappa shape index (κ1) is 13.8. The van der Waals surface area contributed by atoms with Crippen molar-refractivity contribution in [3.63, 3.8) is 0 Å². The second-order valence-corrected chi connectivity index (χ2v) is 5.34. The molecule has 1 aromatic rings. The van der Waals surface area contributed by atoms with Crippen LogP contribution < -0.4 is 16.4 Å². The number of rotatable bonds is 4. The van der Waals surface area contributed by atoms with Crippen LogP contribution in [0.15, 0.2) is 18.3 Å². The lowest BCUT2D eigenvalue weighted by Gasteiger charge is -2.32. The maximum absolute atomic E-state index is 10.9. The minimum Gasteiger partial charge on any atom is -0.370 e. The molecule has 4 N–H and O–H groups in total. The third-order valence-corrected chi connectivity index (χ3v) is 3.72. The number of carbonyl (C=O) groups excluding carboxylic acids is 1. The number of nitrogens with zero attached hydrogens (tertiary/aromatic N) is 2. The Morgan fingerprint density at radius 3 is 2.79 bits per heavy atom. The van der Waals surface area contributed by atoms with E-state index in [0.29, 0.717) is 12.3 Å². The van der Waals surface area contributed by atoms with Gasteiger partial charge in [-0.2, -0.15) is 0 Å². The van der Waals surface area contributed by atoms with Gasteiger partial charge in [-0.05, 0) is 43.4 Å². The molecule has 104 valence electrons. The van der Waals surface area contributed by atoms with Crippen molar-refractivity contribution in [2.45, 2.75) is 32.2 Å². The first-order chi connectivity index (χ1) is 9.06. The first-order valence-corrected chi connectivity index (χ1v) is 6.81. The lowest BCUT2D eigenvalue weighted by atomic mass is 9.93. The van der Waals surface area contributed by atoms with Gasteiger partial charge in [0.15, 0.2) is 0 Å². The minimum absolute atomic E-state index is 0.0224. The maximum atomic E-state index is 10.9. The van der Waals surface area contributed by atoms with Gasteiger partial charge in [0.25, 0.3) is 0 Å². The first-order valence-electron chi connectivity index (χ1n) is 6.81. The van der Waals surface area contributed by atoms with Gasteiger partial charge < -0.3 is 16.4 Å². The second kappa shape index (κ2) is 6.02. The molecule has 5 heteroatoms. The SMILES string of the molecule is C[C@H](N)c1ccnc(N2CCC(CC(N)=O)CC2)c1. The third kappa shape index (κ3) is 3.67. The smallest absolute Gasteiger partial charge is 0.217 e. The molecule has 0 radical (unpaired) electrons. The van der Waals surface area contributed by atoms with Crippen molar-refractivity contribution in [1.29, 1.82) is 0 Å². The molecule has 0 unspecified atom stereocenters. The van der Waals surface area contributed by atoms with Crippen molar-refractivity contribution >= 4 is 11.7 Å². The normalized spacial score (nSPS) is 18.3. The molecule has 19 heavy (non-hydrogen) atoms. The van der Waals surface area contributed by atoms with Gasteiger partial charge in [-0.25, -0.2) is 4.98 Å². The van der Waals surface area contributed by atoms with Gasteiger partial charge in [0.1, 0.15) is 5.82 Å². The Bertz CT molecular complexity index is 439. The van der Waals surface area contributed by atoms with Crippen LogP contribution in [0.4, 0.5) is 5.82 Å². The zero-order chi connectivity index (χ0) is 13.8. The Kier molecular flexibility index (Phi) is 4.37. The zero-order valence-electron chi connectivity index (χ0n) is 11.4. The summed E-state index contributed by atoms with van der Waals surface area (Å²) in [4.78, 5) is 17.6. The number of aromatic nitrogens is 1. The van der Waals surface area contributed by atoms with Gasteiger partial charge in [-0.15, -0.1) is 0 Å². The summed E-state index contributed by atoms with van der Waals surface area (Å²) >= 11 is 0. The number of pyridine rings is 1. The van der Waals surface area contributed by atoms with Gasteiger partial charge in [-0.1, -0.05) is 0 Å². The average molecular weight is 262 g/mol. The number of piperidine rings is 1. The number of carbonyl (C=O) groups is 1. The predicted octanol–water partition coefficient (Wildman–Crippen LogP) is 1.19. The molecular formula is C14H22N4O. The van der Waals surface area contributed by atoms with E-state index >= 15 is 0 Å². The van der Waals surface area contributed by atoms with Crippen LogP contribution in [0.5, 0.6) is 0 Å². The lowest BCUT2D eigenvalue weighted by Crippen LogP contribution is -2.35. The Hall–Kier alpha value is -1.62. The summed E-state index contributed by atoms with van der Waals surface area (Å²) in [6.07, 6.45) is 4.30. The number of primary amides is 1. The topological polar surface area (TPSA) is 85.2 Å². The molecule has 1 aliphatic heterocycles. The quantitative estimate of drug-likeness (QED) is 0.853. The molecule has 0 aliphatic carbocycles. The number of nitrogens with two attached hydrogens (primary N) is 2. The van der Waals surface area contributed by atoms with Gasteiger partial charge in [0, 0.05) is 31.7 Å². The second-order valence-electron chi connectivity index (χ2n) is 5.34. The summed E-state index contributed by atoms with van der Waals surface area (Å²) in [5, 5.41) is 0. The molecule has 1 aliphatic rings. The van der Waals surface area contributed by atoms with E-state index in [0.717, 1.165) is 37.3 Å². The fourth-order valence-corrected chi connectivity index (χ4v) is 2.54. The summed E-state index contributed by atoms with van der Waals surface area (Å²) < 4.78 is 0. The Balaban J connectivity index is 1.97. The molecule has 1 fully saturated rings. The highest BCUT2D eigenvalue weighted by molar-refractivity contribution is 5.74. The van der Waals surface area contributed by atoms with E-state index in [4.69, 9.17) is 11.5 Å². The zero-order valence-corrected chi connectivity index (χ0v) is 11.4. The molecule has 1 aromatic heterocycles. The van der Waals surface area contributed by atoms with Crippen LogP contribution in [-0.4, -0.2) is 24.0 Å². The third-order valence-electron chi connectivity index (χ3n) is 3.72. The number of hydrogen-bond acceptors (Lipinski definition) is 4. The van der Waals surface area contributed by atoms with E-state index < -0.39 is 0 Å². The highest BCUT2D eigenvalue weighted by Crippen LogP contribution is 2.25. The summed E-state index contributed by atoms with van der Waals surface area (Å²) in [6, 6.07) is 4.03. The van der Waals surface area contributed by atoms with Crippen LogP contribution in [0.25, 0.3) is 0 Å². The number of anilines is 1. The van der Waals surface area contributed by atoms with Crippen LogP contribution in [0.3, 0.4) is 0 Å². The molecule has 2 rings (SSSR count). The molecule has 0 aromatic carbocycles. The maximum Gasteiger partial charge on any atom is 0.217 e. The van der Waals surface area contributed by atoms with Crippen LogP contribution in [0, 0.1) is 5.92 Å². The summed E-state index contributed by atoms with van der Waals surface area (Å²) in [6.45, 7) is 3.82. The Labute approximate surface area is 114 Å². The van der Waals surface area contributed by atoms with Crippen LogP contribution in [0.1, 0.15) is 37.8 Å². The van der Waals surface area contributed by atoms with Crippen molar-refractivity contribution in [1.82, 2.24) is 4.98 Å². The van der Waals surface area contributed by atoms with Crippen molar-refractivity contribution in [2.75, 3.05) is 18.0 Å². The molecule has 2 heterocycles. The molecule has 0 spiro atoms. The number of hydrogen-bond donors (Lipinski definition) is 2. The van der Waals surface area contributed by atoms with Crippen molar-refractivity contribution < 1.29 is 4.79 Å². The molecular weight excluding hydrogens is 240 g/mol. The fourth-order valence-electron chi connectivity index (χ4n) is 2.54. The van der Waals surface area contributed by atoms with E-state index in [9.17, 15) is 4.79 Å². The standard InChI is InChI=1S/C14H22N4O/c1-10(15)12-2-5-17-14(9-12)18-6-3-11(4-7-18)8-13(16)19/h2,5,9-11H,3-4,6-8,15H2,1H3,(H2,16,19)/t10-/m0/s1. The fraction of sp³-hybridized carbons (Fsp3) is 0.571. The minimum atomic E-state index is -0.199. The van der Waals surface area contributed by atoms with Gasteiger partial charge in [0.05, 0.1) is 0 Å². The van der Waals surface area contributed by atoms with E-state index in [1.54, 1.807) is 0 Å². The van der Waals surface area contributed by atoms with Crippen molar-refractivity contribution in [3.05, 3.63) is 23.9 Å². The highest BCUT2D eigenvalue weighted by atomic mass is 16.1. The van der Waals surface area contributed by atoms with Gasteiger partial charge >= 0.3 is 0 Å². The van der Waals surface area contributed by atoms with Crippen molar-refractivity contribution in [2.24, 2.45) is 17.4 Å². The average Bonchev–Trinajstić information content (AvgIpc) is 2.39. The molecule has 0 bridgehead atoms. The Morgan fingerprint density at radius 2 is 2.21 bits per heavy atom. The molecule has 1 atom stereocenters.